The topological polar surface area (TPSA) is 79.8 Å². The van der Waals surface area contributed by atoms with Crippen molar-refractivity contribution in [2.24, 2.45) is 0 Å². The number of carbonyl (C=O) groups is 1. The van der Waals surface area contributed by atoms with Crippen LogP contribution in [0.2, 0.25) is 0 Å². The normalized spacial score (nSPS) is 11.2. The van der Waals surface area contributed by atoms with Crippen molar-refractivity contribution in [2.75, 3.05) is 11.9 Å². The van der Waals surface area contributed by atoms with Crippen LogP contribution in [0.3, 0.4) is 0 Å². The third-order valence-electron chi connectivity index (χ3n) is 2.82. The summed E-state index contributed by atoms with van der Waals surface area (Å²) >= 11 is 1.51. The molecule has 2 aromatic rings. The van der Waals surface area contributed by atoms with Gasteiger partial charge in [0.2, 0.25) is 0 Å². The van der Waals surface area contributed by atoms with Crippen molar-refractivity contribution in [2.45, 2.75) is 32.7 Å². The number of rotatable bonds is 6. The molecule has 0 atom stereocenters. The molecule has 0 aliphatic heterocycles. The van der Waals surface area contributed by atoms with Crippen LogP contribution in [0.15, 0.2) is 24.0 Å². The van der Waals surface area contributed by atoms with Gasteiger partial charge in [0.1, 0.15) is 16.5 Å². The van der Waals surface area contributed by atoms with Gasteiger partial charge in [-0.3, -0.25) is 9.78 Å². The van der Waals surface area contributed by atoms with Crippen LogP contribution in [-0.4, -0.2) is 27.4 Å². The number of aromatic nitrogens is 3. The molecule has 6 nitrogen and oxygen atoms in total. The van der Waals surface area contributed by atoms with Crippen molar-refractivity contribution in [3.8, 4) is 0 Å². The highest BCUT2D eigenvalue weighted by Crippen LogP contribution is 2.22. The summed E-state index contributed by atoms with van der Waals surface area (Å²) in [6.07, 6.45) is 5.78. The highest BCUT2D eigenvalue weighted by molar-refractivity contribution is 7.09. The molecule has 0 radical (unpaired) electrons. The minimum atomic E-state index is -0.542. The molecule has 21 heavy (non-hydrogen) atoms. The summed E-state index contributed by atoms with van der Waals surface area (Å²) in [7, 11) is 0. The van der Waals surface area contributed by atoms with Crippen LogP contribution < -0.4 is 10.6 Å². The lowest BCUT2D eigenvalue weighted by atomic mass is 10.1. The van der Waals surface area contributed by atoms with Crippen LogP contribution in [0.1, 0.15) is 42.7 Å². The Morgan fingerprint density at radius 3 is 2.86 bits per heavy atom. The largest absolute Gasteiger partial charge is 0.369 e. The minimum Gasteiger partial charge on any atom is -0.369 e. The van der Waals surface area contributed by atoms with Crippen LogP contribution >= 0.6 is 11.3 Å². The van der Waals surface area contributed by atoms with E-state index in [9.17, 15) is 4.79 Å². The number of carbonyl (C=O) groups excluding carboxylic acids is 1. The molecule has 7 heteroatoms. The highest BCUT2D eigenvalue weighted by atomic mass is 32.1. The van der Waals surface area contributed by atoms with Crippen molar-refractivity contribution < 1.29 is 4.79 Å². The van der Waals surface area contributed by atoms with Gasteiger partial charge in [0, 0.05) is 18.1 Å². The molecule has 0 bridgehead atoms. The van der Waals surface area contributed by atoms with Gasteiger partial charge in [-0.1, -0.05) is 6.92 Å². The van der Waals surface area contributed by atoms with E-state index in [4.69, 9.17) is 0 Å². The summed E-state index contributed by atoms with van der Waals surface area (Å²) in [5.41, 5.74) is -0.250. The SMILES string of the molecule is CCCNc1cncc(C(=O)NC(C)(C)c2nccs2)n1. The average Bonchev–Trinajstić information content (AvgIpc) is 3.00. The second-order valence-corrected chi connectivity index (χ2v) is 6.03. The molecule has 0 aliphatic carbocycles. The molecule has 0 spiro atoms. The zero-order valence-electron chi connectivity index (χ0n) is 12.4. The van der Waals surface area contributed by atoms with Crippen molar-refractivity contribution in [3.05, 3.63) is 34.7 Å². The van der Waals surface area contributed by atoms with Crippen molar-refractivity contribution in [1.82, 2.24) is 20.3 Å². The number of thiazole rings is 1. The Morgan fingerprint density at radius 2 is 2.19 bits per heavy atom. The second-order valence-electron chi connectivity index (χ2n) is 5.13. The summed E-state index contributed by atoms with van der Waals surface area (Å²) in [6.45, 7) is 6.69. The molecule has 2 heterocycles. The molecule has 2 aromatic heterocycles. The minimum absolute atomic E-state index is 0.261. The standard InChI is InChI=1S/C14H19N5OS/c1-4-5-16-11-9-15-8-10(18-11)12(20)19-14(2,3)13-17-6-7-21-13/h6-9H,4-5H2,1-3H3,(H,16,18)(H,19,20). The maximum absolute atomic E-state index is 12.3. The lowest BCUT2D eigenvalue weighted by molar-refractivity contribution is 0.0906. The predicted octanol–water partition coefficient (Wildman–Crippen LogP) is 2.42. The molecular weight excluding hydrogens is 286 g/mol. The number of hydrogen-bond acceptors (Lipinski definition) is 6. The zero-order chi connectivity index (χ0) is 15.3. The Kier molecular flexibility index (Phi) is 4.85. The van der Waals surface area contributed by atoms with E-state index in [0.29, 0.717) is 11.5 Å². The Labute approximate surface area is 128 Å². The lowest BCUT2D eigenvalue weighted by Crippen LogP contribution is -2.41. The maximum atomic E-state index is 12.3. The van der Waals surface area contributed by atoms with Crippen molar-refractivity contribution in [3.63, 3.8) is 0 Å². The molecular formula is C14H19N5OS. The van der Waals surface area contributed by atoms with E-state index in [1.807, 2.05) is 19.2 Å². The first-order valence-corrected chi connectivity index (χ1v) is 7.69. The van der Waals surface area contributed by atoms with Crippen LogP contribution in [0.4, 0.5) is 5.82 Å². The van der Waals surface area contributed by atoms with Crippen LogP contribution in [0, 0.1) is 0 Å². The number of nitrogens with one attached hydrogen (secondary N) is 2. The van der Waals surface area contributed by atoms with Crippen LogP contribution in [0.5, 0.6) is 0 Å². The van der Waals surface area contributed by atoms with E-state index in [2.05, 4.69) is 32.5 Å². The molecule has 2 rings (SSSR count). The van der Waals surface area contributed by atoms with E-state index < -0.39 is 5.54 Å². The molecule has 0 unspecified atom stereocenters. The Balaban J connectivity index is 2.09. The third-order valence-corrected chi connectivity index (χ3v) is 3.91. The predicted molar refractivity (Wildman–Crippen MR) is 83.4 cm³/mol. The average molecular weight is 305 g/mol. The van der Waals surface area contributed by atoms with Gasteiger partial charge >= 0.3 is 0 Å². The molecule has 1 amide bonds. The second kappa shape index (κ2) is 6.62. The fourth-order valence-corrected chi connectivity index (χ4v) is 2.47. The summed E-state index contributed by atoms with van der Waals surface area (Å²) in [5, 5.41) is 8.79. The van der Waals surface area contributed by atoms with Crippen molar-refractivity contribution >= 4 is 23.1 Å². The van der Waals surface area contributed by atoms with Crippen molar-refractivity contribution in [1.29, 1.82) is 0 Å². The number of nitrogens with zero attached hydrogens (tertiary/aromatic N) is 3. The fraction of sp³-hybridized carbons (Fsp3) is 0.429. The molecule has 0 aliphatic rings. The molecule has 0 saturated heterocycles. The van der Waals surface area contributed by atoms with Gasteiger partial charge in [0.05, 0.1) is 17.9 Å². The first kappa shape index (κ1) is 15.4. The third kappa shape index (κ3) is 3.98. The first-order valence-electron chi connectivity index (χ1n) is 6.81. The molecule has 112 valence electrons. The molecule has 0 aromatic carbocycles. The Morgan fingerprint density at radius 1 is 1.38 bits per heavy atom. The van der Waals surface area contributed by atoms with Gasteiger partial charge in [-0.25, -0.2) is 9.97 Å². The van der Waals surface area contributed by atoms with Gasteiger partial charge in [-0.05, 0) is 20.3 Å². The maximum Gasteiger partial charge on any atom is 0.272 e. The van der Waals surface area contributed by atoms with Gasteiger partial charge < -0.3 is 10.6 Å². The Bertz CT molecular complexity index is 597. The van der Waals surface area contributed by atoms with Gasteiger partial charge in [-0.15, -0.1) is 11.3 Å². The summed E-state index contributed by atoms with van der Waals surface area (Å²) < 4.78 is 0. The number of anilines is 1. The molecule has 2 N–H and O–H groups in total. The van der Waals surface area contributed by atoms with Crippen LogP contribution in [0.25, 0.3) is 0 Å². The fourth-order valence-electron chi connectivity index (χ4n) is 1.75. The molecule has 0 saturated carbocycles. The van der Waals surface area contributed by atoms with E-state index in [1.54, 1.807) is 12.4 Å². The lowest BCUT2D eigenvalue weighted by Gasteiger charge is -2.23. The van der Waals surface area contributed by atoms with E-state index in [1.165, 1.54) is 17.5 Å². The summed E-state index contributed by atoms with van der Waals surface area (Å²) in [5.74, 6) is 0.347. The van der Waals surface area contributed by atoms with E-state index in [-0.39, 0.29) is 5.91 Å². The molecule has 0 fully saturated rings. The first-order chi connectivity index (χ1) is 10.0. The van der Waals surface area contributed by atoms with E-state index in [0.717, 1.165) is 18.0 Å². The summed E-state index contributed by atoms with van der Waals surface area (Å²) in [6, 6.07) is 0. The zero-order valence-corrected chi connectivity index (χ0v) is 13.2. The van der Waals surface area contributed by atoms with Gasteiger partial charge in [0.15, 0.2) is 0 Å². The summed E-state index contributed by atoms with van der Waals surface area (Å²) in [4.78, 5) is 24.9. The highest BCUT2D eigenvalue weighted by Gasteiger charge is 2.26. The quantitative estimate of drug-likeness (QED) is 0.856. The van der Waals surface area contributed by atoms with E-state index >= 15 is 0 Å². The smallest absolute Gasteiger partial charge is 0.272 e. The van der Waals surface area contributed by atoms with Gasteiger partial charge in [-0.2, -0.15) is 0 Å². The number of hydrogen-bond donors (Lipinski definition) is 2. The number of amides is 1. The monoisotopic (exact) mass is 305 g/mol. The van der Waals surface area contributed by atoms with Crippen LogP contribution in [-0.2, 0) is 5.54 Å². The van der Waals surface area contributed by atoms with Gasteiger partial charge in [0.25, 0.3) is 5.91 Å². The Hall–Kier alpha value is -2.02.